The Bertz CT molecular complexity index is 640. The number of carbonyl (C=O) groups is 3. The van der Waals surface area contributed by atoms with Gasteiger partial charge in [-0.2, -0.15) is 0 Å². The van der Waals surface area contributed by atoms with Gasteiger partial charge in [0.2, 0.25) is 5.91 Å². The SMILES string of the molecule is CCCC1NC(=O)N(CC(=O)Nc2c(Br)cc(C)cc2Br)C1=O. The highest BCUT2D eigenvalue weighted by Crippen LogP contribution is 2.32. The summed E-state index contributed by atoms with van der Waals surface area (Å²) in [6.45, 7) is 3.56. The lowest BCUT2D eigenvalue weighted by Gasteiger charge is -2.15. The summed E-state index contributed by atoms with van der Waals surface area (Å²) in [4.78, 5) is 37.1. The first kappa shape index (κ1) is 17.9. The molecular formula is C15H17Br2N3O3. The summed E-state index contributed by atoms with van der Waals surface area (Å²) >= 11 is 6.78. The minimum Gasteiger partial charge on any atom is -0.326 e. The van der Waals surface area contributed by atoms with Crippen molar-refractivity contribution in [3.05, 3.63) is 26.6 Å². The van der Waals surface area contributed by atoms with Gasteiger partial charge >= 0.3 is 6.03 Å². The Balaban J connectivity index is 2.06. The van der Waals surface area contributed by atoms with Crippen molar-refractivity contribution < 1.29 is 14.4 Å². The zero-order valence-electron chi connectivity index (χ0n) is 12.8. The first-order valence-electron chi connectivity index (χ1n) is 7.20. The highest BCUT2D eigenvalue weighted by Gasteiger charge is 2.38. The average molecular weight is 447 g/mol. The summed E-state index contributed by atoms with van der Waals surface area (Å²) in [5.41, 5.74) is 1.59. The maximum atomic E-state index is 12.2. The topological polar surface area (TPSA) is 78.5 Å². The predicted molar refractivity (Wildman–Crippen MR) is 94.1 cm³/mol. The second-order valence-corrected chi connectivity index (χ2v) is 7.08. The lowest BCUT2D eigenvalue weighted by molar-refractivity contribution is -0.130. The molecule has 0 spiro atoms. The summed E-state index contributed by atoms with van der Waals surface area (Å²) in [5.74, 6) is -0.787. The number of benzene rings is 1. The smallest absolute Gasteiger partial charge is 0.325 e. The molecule has 1 aliphatic heterocycles. The van der Waals surface area contributed by atoms with Crippen molar-refractivity contribution in [3.8, 4) is 0 Å². The van der Waals surface area contributed by atoms with Crippen LogP contribution in [0.5, 0.6) is 0 Å². The summed E-state index contributed by atoms with van der Waals surface area (Å²) in [5, 5.41) is 5.31. The third-order valence-electron chi connectivity index (χ3n) is 3.44. The van der Waals surface area contributed by atoms with E-state index < -0.39 is 18.0 Å². The minimum atomic E-state index is -0.529. The number of imide groups is 1. The number of amides is 4. The molecule has 1 aliphatic rings. The van der Waals surface area contributed by atoms with Crippen LogP contribution < -0.4 is 10.6 Å². The van der Waals surface area contributed by atoms with Gasteiger partial charge in [-0.15, -0.1) is 0 Å². The fourth-order valence-corrected chi connectivity index (χ4v) is 3.97. The molecule has 0 saturated carbocycles. The summed E-state index contributed by atoms with van der Waals surface area (Å²) < 4.78 is 1.44. The van der Waals surface area contributed by atoms with Crippen molar-refractivity contribution in [2.75, 3.05) is 11.9 Å². The molecule has 23 heavy (non-hydrogen) atoms. The molecule has 1 saturated heterocycles. The van der Waals surface area contributed by atoms with Gasteiger partial charge in [-0.1, -0.05) is 13.3 Å². The molecule has 1 fully saturated rings. The van der Waals surface area contributed by atoms with Gasteiger partial charge < -0.3 is 10.6 Å². The molecule has 124 valence electrons. The molecule has 2 N–H and O–H groups in total. The summed E-state index contributed by atoms with van der Waals surface area (Å²) in [7, 11) is 0. The third kappa shape index (κ3) is 4.11. The van der Waals surface area contributed by atoms with Crippen molar-refractivity contribution >= 4 is 55.4 Å². The van der Waals surface area contributed by atoms with Crippen LogP contribution in [-0.2, 0) is 9.59 Å². The molecule has 0 radical (unpaired) electrons. The Morgan fingerprint density at radius 1 is 1.30 bits per heavy atom. The molecule has 2 rings (SSSR count). The minimum absolute atomic E-state index is 0.308. The van der Waals surface area contributed by atoms with E-state index in [9.17, 15) is 14.4 Å². The van der Waals surface area contributed by atoms with Gasteiger partial charge in [0, 0.05) is 8.95 Å². The van der Waals surface area contributed by atoms with E-state index >= 15 is 0 Å². The van der Waals surface area contributed by atoms with E-state index in [1.165, 1.54) is 0 Å². The van der Waals surface area contributed by atoms with Crippen LogP contribution in [0.25, 0.3) is 0 Å². The van der Waals surface area contributed by atoms with Crippen LogP contribution in [0.2, 0.25) is 0 Å². The monoisotopic (exact) mass is 445 g/mol. The maximum absolute atomic E-state index is 12.2. The second kappa shape index (κ2) is 7.44. The molecule has 4 amide bonds. The van der Waals surface area contributed by atoms with Crippen LogP contribution >= 0.6 is 31.9 Å². The first-order valence-corrected chi connectivity index (χ1v) is 8.79. The molecule has 0 bridgehead atoms. The van der Waals surface area contributed by atoms with Gasteiger partial charge in [-0.05, 0) is 62.9 Å². The Hall–Kier alpha value is -1.41. The standard InChI is InChI=1S/C15H17Br2N3O3/c1-3-4-11-14(22)20(15(23)18-11)7-12(21)19-13-9(16)5-8(2)6-10(13)17/h5-6,11H,3-4,7H2,1-2H3,(H,18,23)(H,19,21). The number of carbonyl (C=O) groups excluding carboxylic acids is 3. The maximum Gasteiger partial charge on any atom is 0.325 e. The van der Waals surface area contributed by atoms with E-state index in [4.69, 9.17) is 0 Å². The Kier molecular flexibility index (Phi) is 5.80. The summed E-state index contributed by atoms with van der Waals surface area (Å²) in [6, 6.07) is 2.68. The van der Waals surface area contributed by atoms with Crippen molar-refractivity contribution in [1.82, 2.24) is 10.2 Å². The lowest BCUT2D eigenvalue weighted by Crippen LogP contribution is -2.38. The molecule has 6 nitrogen and oxygen atoms in total. The highest BCUT2D eigenvalue weighted by molar-refractivity contribution is 9.11. The van der Waals surface area contributed by atoms with E-state index in [1.54, 1.807) is 0 Å². The lowest BCUT2D eigenvalue weighted by atomic mass is 10.2. The Morgan fingerprint density at radius 3 is 2.48 bits per heavy atom. The van der Waals surface area contributed by atoms with Crippen LogP contribution in [0.4, 0.5) is 10.5 Å². The molecule has 1 aromatic rings. The van der Waals surface area contributed by atoms with Gasteiger partial charge in [0.1, 0.15) is 12.6 Å². The van der Waals surface area contributed by atoms with E-state index in [1.807, 2.05) is 26.0 Å². The Labute approximate surface area is 151 Å². The third-order valence-corrected chi connectivity index (χ3v) is 4.69. The summed E-state index contributed by atoms with van der Waals surface area (Å²) in [6.07, 6.45) is 1.34. The normalized spacial score (nSPS) is 17.4. The van der Waals surface area contributed by atoms with Gasteiger partial charge in [0.25, 0.3) is 5.91 Å². The first-order chi connectivity index (χ1) is 10.8. The van der Waals surface area contributed by atoms with Crippen LogP contribution in [0.3, 0.4) is 0 Å². The number of halogens is 2. The predicted octanol–water partition coefficient (Wildman–Crippen LogP) is 3.18. The fraction of sp³-hybridized carbons (Fsp3) is 0.400. The van der Waals surface area contributed by atoms with Gasteiger partial charge in [-0.3, -0.25) is 14.5 Å². The number of aryl methyl sites for hydroxylation is 1. The van der Waals surface area contributed by atoms with E-state index in [-0.39, 0.29) is 12.5 Å². The highest BCUT2D eigenvalue weighted by atomic mass is 79.9. The van der Waals surface area contributed by atoms with Gasteiger partial charge in [0.15, 0.2) is 0 Å². The molecule has 0 aliphatic carbocycles. The molecular weight excluding hydrogens is 430 g/mol. The molecule has 8 heteroatoms. The molecule has 1 heterocycles. The number of hydrogen-bond donors (Lipinski definition) is 2. The van der Waals surface area contributed by atoms with Crippen LogP contribution in [0, 0.1) is 6.92 Å². The fourth-order valence-electron chi connectivity index (χ4n) is 2.35. The van der Waals surface area contributed by atoms with Crippen molar-refractivity contribution in [2.24, 2.45) is 0 Å². The zero-order chi connectivity index (χ0) is 17.1. The molecule has 1 unspecified atom stereocenters. The number of nitrogens with zero attached hydrogens (tertiary/aromatic N) is 1. The quantitative estimate of drug-likeness (QED) is 0.681. The average Bonchev–Trinajstić information content (AvgIpc) is 2.71. The van der Waals surface area contributed by atoms with E-state index in [2.05, 4.69) is 42.5 Å². The van der Waals surface area contributed by atoms with Crippen molar-refractivity contribution in [3.63, 3.8) is 0 Å². The second-order valence-electron chi connectivity index (χ2n) is 5.37. The van der Waals surface area contributed by atoms with Gasteiger partial charge in [0.05, 0.1) is 5.69 Å². The van der Waals surface area contributed by atoms with Crippen LogP contribution in [0.1, 0.15) is 25.3 Å². The number of nitrogens with one attached hydrogen (secondary N) is 2. The zero-order valence-corrected chi connectivity index (χ0v) is 16.0. The van der Waals surface area contributed by atoms with Crippen LogP contribution in [-0.4, -0.2) is 35.3 Å². The van der Waals surface area contributed by atoms with Crippen LogP contribution in [0.15, 0.2) is 21.1 Å². The van der Waals surface area contributed by atoms with Crippen molar-refractivity contribution in [1.29, 1.82) is 0 Å². The van der Waals surface area contributed by atoms with Crippen molar-refractivity contribution in [2.45, 2.75) is 32.7 Å². The largest absolute Gasteiger partial charge is 0.326 e. The number of rotatable bonds is 5. The Morgan fingerprint density at radius 2 is 1.91 bits per heavy atom. The van der Waals surface area contributed by atoms with E-state index in [0.29, 0.717) is 12.1 Å². The van der Waals surface area contributed by atoms with E-state index in [0.717, 1.165) is 25.8 Å². The number of urea groups is 1. The van der Waals surface area contributed by atoms with Gasteiger partial charge in [-0.25, -0.2) is 4.79 Å². The number of hydrogen-bond acceptors (Lipinski definition) is 3. The molecule has 0 aromatic heterocycles. The molecule has 1 atom stereocenters. The number of anilines is 1. The molecule has 1 aromatic carbocycles.